The van der Waals surface area contributed by atoms with E-state index >= 15 is 0 Å². The Morgan fingerprint density at radius 1 is 1.56 bits per heavy atom. The lowest BCUT2D eigenvalue weighted by Crippen LogP contribution is -2.24. The van der Waals surface area contributed by atoms with Crippen LogP contribution >= 0.6 is 11.6 Å². The Balaban J connectivity index is 4.04. The van der Waals surface area contributed by atoms with Gasteiger partial charge < -0.3 is 0 Å². The van der Waals surface area contributed by atoms with Crippen LogP contribution in [0.2, 0.25) is 0 Å². The van der Waals surface area contributed by atoms with Crippen molar-refractivity contribution in [1.29, 1.82) is 0 Å². The van der Waals surface area contributed by atoms with Crippen molar-refractivity contribution in [2.45, 2.75) is 13.1 Å². The first-order valence-corrected chi connectivity index (χ1v) is 2.49. The Morgan fingerprint density at radius 2 is 1.89 bits per heavy atom. The van der Waals surface area contributed by atoms with Crippen LogP contribution < -0.4 is 0 Å². The number of carbonyl (C=O) groups is 1. The maximum atomic E-state index is 11.4. The zero-order valence-electron chi connectivity index (χ0n) is 4.50. The van der Waals surface area contributed by atoms with Crippen molar-refractivity contribution in [3.05, 3.63) is 0 Å². The normalized spacial score (nSPS) is 15.2. The summed E-state index contributed by atoms with van der Waals surface area (Å²) in [4.78, 5) is 9.84. The molecule has 0 rings (SSSR count). The van der Waals surface area contributed by atoms with Gasteiger partial charge in [-0.05, 0) is 18.5 Å². The highest BCUT2D eigenvalue weighted by molar-refractivity contribution is 6.64. The van der Waals surface area contributed by atoms with Gasteiger partial charge in [-0.3, -0.25) is 4.79 Å². The summed E-state index contributed by atoms with van der Waals surface area (Å²) in [7, 11) is 0. The smallest absolute Gasteiger partial charge is 0.281 e. The molecule has 0 N–H and O–H groups in total. The zero-order valence-corrected chi connectivity index (χ0v) is 5.25. The molecule has 0 aromatic heterocycles. The summed E-state index contributed by atoms with van der Waals surface area (Å²) < 4.78 is 34.2. The molecule has 0 aliphatic rings. The van der Waals surface area contributed by atoms with Crippen LogP contribution in [0.5, 0.6) is 0 Å². The van der Waals surface area contributed by atoms with Crippen molar-refractivity contribution in [3.8, 4) is 0 Å². The van der Waals surface area contributed by atoms with Gasteiger partial charge in [-0.1, -0.05) is 0 Å². The quantitative estimate of drug-likeness (QED) is 0.536. The molecule has 0 spiro atoms. The van der Waals surface area contributed by atoms with Crippen LogP contribution in [0.3, 0.4) is 0 Å². The van der Waals surface area contributed by atoms with Gasteiger partial charge in [-0.15, -0.1) is 0 Å². The number of hydrogen-bond donors (Lipinski definition) is 0. The van der Waals surface area contributed by atoms with E-state index < -0.39 is 17.3 Å². The molecular weight excluding hydrogens is 156 g/mol. The predicted molar refractivity (Wildman–Crippen MR) is 26.1 cm³/mol. The third-order valence-corrected chi connectivity index (χ3v) is 1.16. The van der Waals surface area contributed by atoms with Crippen molar-refractivity contribution < 1.29 is 18.0 Å². The predicted octanol–water partition coefficient (Wildman–Crippen LogP) is 1.95. The maximum absolute atomic E-state index is 11.4. The minimum atomic E-state index is -4.50. The fourth-order valence-electron chi connectivity index (χ4n) is 0.129. The Bertz CT molecular complexity index is 119. The third-order valence-electron chi connectivity index (χ3n) is 0.831. The Morgan fingerprint density at radius 3 is 1.89 bits per heavy atom. The largest absolute Gasteiger partial charge is 0.399 e. The van der Waals surface area contributed by atoms with Gasteiger partial charge in [0.1, 0.15) is 5.92 Å². The average Bonchev–Trinajstić information content (AvgIpc) is 1.62. The van der Waals surface area contributed by atoms with E-state index in [2.05, 4.69) is 11.6 Å². The molecule has 1 nitrogen and oxygen atoms in total. The molecule has 1 atom stereocenters. The van der Waals surface area contributed by atoms with Crippen molar-refractivity contribution in [1.82, 2.24) is 0 Å². The van der Waals surface area contributed by atoms with Gasteiger partial charge in [0.15, 0.2) is 0 Å². The lowest BCUT2D eigenvalue weighted by Gasteiger charge is -2.09. The van der Waals surface area contributed by atoms with Gasteiger partial charge in [0.2, 0.25) is 5.24 Å². The van der Waals surface area contributed by atoms with E-state index in [4.69, 9.17) is 0 Å². The van der Waals surface area contributed by atoms with E-state index in [-0.39, 0.29) is 0 Å². The first kappa shape index (κ1) is 8.75. The van der Waals surface area contributed by atoms with Crippen LogP contribution in [-0.2, 0) is 4.79 Å². The van der Waals surface area contributed by atoms with E-state index in [0.717, 1.165) is 6.92 Å². The summed E-state index contributed by atoms with van der Waals surface area (Å²) in [5, 5.41) is -1.37. The van der Waals surface area contributed by atoms with Gasteiger partial charge in [0.05, 0.1) is 0 Å². The van der Waals surface area contributed by atoms with Crippen LogP contribution in [0.4, 0.5) is 13.2 Å². The molecular formula is C4H4ClF3O. The first-order chi connectivity index (χ1) is 3.85. The van der Waals surface area contributed by atoms with Crippen molar-refractivity contribution in [2.24, 2.45) is 5.92 Å². The monoisotopic (exact) mass is 160 g/mol. The van der Waals surface area contributed by atoms with Gasteiger partial charge in [-0.2, -0.15) is 13.2 Å². The van der Waals surface area contributed by atoms with Crippen LogP contribution in [0.15, 0.2) is 0 Å². The summed E-state index contributed by atoms with van der Waals surface area (Å²) >= 11 is 4.55. The third kappa shape index (κ3) is 2.70. The lowest BCUT2D eigenvalue weighted by molar-refractivity contribution is -0.172. The Kier molecular flexibility index (Phi) is 2.49. The molecule has 0 aliphatic heterocycles. The molecule has 0 heterocycles. The first-order valence-electron chi connectivity index (χ1n) is 2.11. The highest BCUT2D eigenvalue weighted by Gasteiger charge is 2.40. The van der Waals surface area contributed by atoms with E-state index in [9.17, 15) is 18.0 Å². The topological polar surface area (TPSA) is 17.1 Å². The highest BCUT2D eigenvalue weighted by atomic mass is 35.5. The van der Waals surface area contributed by atoms with Crippen LogP contribution in [0.1, 0.15) is 6.92 Å². The minimum Gasteiger partial charge on any atom is -0.281 e. The molecule has 0 aliphatic carbocycles. The van der Waals surface area contributed by atoms with Gasteiger partial charge in [0, 0.05) is 0 Å². The molecule has 0 fully saturated rings. The van der Waals surface area contributed by atoms with Gasteiger partial charge >= 0.3 is 6.18 Å². The Labute approximate surface area is 54.8 Å². The summed E-state index contributed by atoms with van der Waals surface area (Å²) in [6.45, 7) is 0.718. The minimum absolute atomic E-state index is 0.718. The second-order valence-electron chi connectivity index (χ2n) is 1.57. The number of halogens is 4. The average molecular weight is 161 g/mol. The fourth-order valence-corrected chi connectivity index (χ4v) is 0.252. The van der Waals surface area contributed by atoms with Crippen LogP contribution in [-0.4, -0.2) is 11.4 Å². The molecule has 0 saturated heterocycles. The fraction of sp³-hybridized carbons (Fsp3) is 0.750. The summed E-state index contributed by atoms with van der Waals surface area (Å²) in [6, 6.07) is 0. The molecule has 0 amide bonds. The Hall–Kier alpha value is -0.250. The number of hydrogen-bond acceptors (Lipinski definition) is 1. The molecule has 0 saturated carbocycles. The maximum Gasteiger partial charge on any atom is 0.399 e. The SMILES string of the molecule is C[C@@H](C(=O)Cl)C(F)(F)F. The molecule has 0 bridgehead atoms. The number of rotatable bonds is 1. The summed E-state index contributed by atoms with van der Waals surface area (Å²) in [5.41, 5.74) is 0. The summed E-state index contributed by atoms with van der Waals surface area (Å²) in [6.07, 6.45) is -4.50. The second kappa shape index (κ2) is 2.56. The van der Waals surface area contributed by atoms with Crippen molar-refractivity contribution >= 4 is 16.8 Å². The van der Waals surface area contributed by atoms with Crippen molar-refractivity contribution in [2.75, 3.05) is 0 Å². The van der Waals surface area contributed by atoms with E-state index in [0.29, 0.717) is 0 Å². The molecule has 5 heteroatoms. The van der Waals surface area contributed by atoms with E-state index in [1.165, 1.54) is 0 Å². The molecule has 0 aromatic carbocycles. The van der Waals surface area contributed by atoms with Gasteiger partial charge in [-0.25, -0.2) is 0 Å². The molecule has 54 valence electrons. The second-order valence-corrected chi connectivity index (χ2v) is 1.94. The van der Waals surface area contributed by atoms with E-state index in [1.54, 1.807) is 0 Å². The van der Waals surface area contributed by atoms with E-state index in [1.807, 2.05) is 0 Å². The van der Waals surface area contributed by atoms with Crippen LogP contribution in [0.25, 0.3) is 0 Å². The molecule has 0 radical (unpaired) electrons. The number of carbonyl (C=O) groups excluding carboxylic acids is 1. The zero-order chi connectivity index (χ0) is 7.65. The lowest BCUT2D eigenvalue weighted by atomic mass is 10.2. The molecule has 0 aromatic rings. The standard InChI is InChI=1S/C4H4ClF3O/c1-2(3(5)9)4(6,7)8/h2H,1H3/t2-/m0/s1. The van der Waals surface area contributed by atoms with Crippen molar-refractivity contribution in [3.63, 3.8) is 0 Å². The van der Waals surface area contributed by atoms with Gasteiger partial charge in [0.25, 0.3) is 0 Å². The molecule has 9 heavy (non-hydrogen) atoms. The number of alkyl halides is 3. The highest BCUT2D eigenvalue weighted by Crippen LogP contribution is 2.26. The molecule has 0 unspecified atom stereocenters. The summed E-state index contributed by atoms with van der Waals surface area (Å²) in [5.74, 6) is -2.06. The van der Waals surface area contributed by atoms with Crippen LogP contribution in [0, 0.1) is 5.92 Å².